The smallest absolute Gasteiger partial charge is 0.247 e. The quantitative estimate of drug-likeness (QED) is 0.353. The van der Waals surface area contributed by atoms with E-state index in [-0.39, 0.29) is 38.1 Å². The number of ether oxygens (including phenoxy) is 2. The Bertz CT molecular complexity index is 1270. The van der Waals surface area contributed by atoms with Crippen molar-refractivity contribution in [1.82, 2.24) is 25.2 Å². The molecular weight excluding hydrogens is 450 g/mol. The fourth-order valence-electron chi connectivity index (χ4n) is 3.81. The molecule has 10 nitrogen and oxygen atoms in total. The van der Waals surface area contributed by atoms with Crippen molar-refractivity contribution in [2.24, 2.45) is 0 Å². The molecule has 2 aromatic heterocycles. The van der Waals surface area contributed by atoms with Crippen molar-refractivity contribution in [3.05, 3.63) is 78.3 Å². The van der Waals surface area contributed by atoms with Crippen LogP contribution in [0.1, 0.15) is 17.4 Å². The van der Waals surface area contributed by atoms with Crippen molar-refractivity contribution in [3.63, 3.8) is 0 Å². The van der Waals surface area contributed by atoms with Crippen LogP contribution in [0.2, 0.25) is 0 Å². The summed E-state index contributed by atoms with van der Waals surface area (Å²) in [6.07, 6.45) is 1.54. The lowest BCUT2D eigenvalue weighted by atomic mass is 10.0. The van der Waals surface area contributed by atoms with E-state index < -0.39 is 6.04 Å². The van der Waals surface area contributed by atoms with Crippen molar-refractivity contribution in [2.75, 3.05) is 27.4 Å². The Labute approximate surface area is 202 Å². The first-order chi connectivity index (χ1) is 17.1. The molecule has 182 valence electrons. The largest absolute Gasteiger partial charge is 0.497 e. The number of fused-ring (bicyclic) bond motifs is 1. The number of carbonyl (C=O) groups excluding carboxylic acids is 2. The highest BCUT2D eigenvalue weighted by molar-refractivity contribution is 5.89. The van der Waals surface area contributed by atoms with Gasteiger partial charge in [-0.25, -0.2) is 4.68 Å². The van der Waals surface area contributed by atoms with Gasteiger partial charge in [0.25, 0.3) is 0 Å². The van der Waals surface area contributed by atoms with Crippen molar-refractivity contribution in [3.8, 4) is 5.75 Å². The van der Waals surface area contributed by atoms with Gasteiger partial charge in [0.05, 0.1) is 32.0 Å². The van der Waals surface area contributed by atoms with Gasteiger partial charge < -0.3 is 24.1 Å². The summed E-state index contributed by atoms with van der Waals surface area (Å²) in [5, 5.41) is 11.1. The van der Waals surface area contributed by atoms with E-state index >= 15 is 0 Å². The number of methoxy groups -OCH3 is 2. The molecule has 0 saturated heterocycles. The first kappa shape index (κ1) is 24.0. The average molecular weight is 478 g/mol. The number of rotatable bonds is 11. The lowest BCUT2D eigenvalue weighted by Gasteiger charge is -2.31. The number of hydrogen-bond acceptors (Lipinski definition) is 7. The first-order valence-electron chi connectivity index (χ1n) is 11.1. The molecular formula is C25H27N5O5. The van der Waals surface area contributed by atoms with Gasteiger partial charge >= 0.3 is 0 Å². The van der Waals surface area contributed by atoms with Crippen LogP contribution >= 0.6 is 0 Å². The Morgan fingerprint density at radius 2 is 1.97 bits per heavy atom. The molecule has 1 N–H and O–H groups in total. The summed E-state index contributed by atoms with van der Waals surface area (Å²) in [5.41, 5.74) is 2.02. The molecule has 0 saturated carbocycles. The SMILES string of the molecule is COCCN(C(=O)Cn1nnc2ccccc21)[C@@H](C(=O)NCc1ccco1)c1cccc(OC)c1. The van der Waals surface area contributed by atoms with Crippen molar-refractivity contribution in [2.45, 2.75) is 19.1 Å². The number of hydrogen-bond donors (Lipinski definition) is 1. The van der Waals surface area contributed by atoms with Gasteiger partial charge in [0.2, 0.25) is 11.8 Å². The van der Waals surface area contributed by atoms with Crippen molar-refractivity contribution in [1.29, 1.82) is 0 Å². The number of para-hydroxylation sites is 1. The van der Waals surface area contributed by atoms with Crippen LogP contribution in [0.3, 0.4) is 0 Å². The number of amides is 2. The molecule has 10 heteroatoms. The van der Waals surface area contributed by atoms with Crippen LogP contribution in [0.5, 0.6) is 5.75 Å². The van der Waals surface area contributed by atoms with Crippen LogP contribution < -0.4 is 10.1 Å². The lowest BCUT2D eigenvalue weighted by Crippen LogP contribution is -2.46. The van der Waals surface area contributed by atoms with E-state index in [4.69, 9.17) is 13.9 Å². The van der Waals surface area contributed by atoms with Crippen molar-refractivity contribution >= 4 is 22.8 Å². The molecule has 4 aromatic rings. The molecule has 0 fully saturated rings. The molecule has 2 heterocycles. The highest BCUT2D eigenvalue weighted by Crippen LogP contribution is 2.26. The molecule has 0 bridgehead atoms. The molecule has 2 aromatic carbocycles. The zero-order valence-corrected chi connectivity index (χ0v) is 19.6. The number of furan rings is 1. The summed E-state index contributed by atoms with van der Waals surface area (Å²) in [7, 11) is 3.10. The summed E-state index contributed by atoms with van der Waals surface area (Å²) in [6.45, 7) is 0.538. The third-order valence-electron chi connectivity index (χ3n) is 5.55. The molecule has 1 atom stereocenters. The minimum absolute atomic E-state index is 0.0871. The minimum Gasteiger partial charge on any atom is -0.497 e. The van der Waals surface area contributed by atoms with E-state index in [1.54, 1.807) is 50.6 Å². The van der Waals surface area contributed by atoms with Gasteiger partial charge in [0.15, 0.2) is 0 Å². The molecule has 0 spiro atoms. The van der Waals surface area contributed by atoms with Crippen LogP contribution in [0.25, 0.3) is 11.0 Å². The van der Waals surface area contributed by atoms with Gasteiger partial charge in [0.1, 0.15) is 29.6 Å². The Morgan fingerprint density at radius 3 is 2.74 bits per heavy atom. The van der Waals surface area contributed by atoms with E-state index in [1.807, 2.05) is 24.3 Å². The van der Waals surface area contributed by atoms with E-state index in [1.165, 1.54) is 15.8 Å². The van der Waals surface area contributed by atoms with Crippen LogP contribution in [0, 0.1) is 0 Å². The molecule has 0 aliphatic rings. The number of nitrogens with zero attached hydrogens (tertiary/aromatic N) is 4. The average Bonchev–Trinajstić information content (AvgIpc) is 3.55. The fourth-order valence-corrected chi connectivity index (χ4v) is 3.81. The van der Waals surface area contributed by atoms with Gasteiger partial charge in [-0.2, -0.15) is 0 Å². The molecule has 0 unspecified atom stereocenters. The standard InChI is InChI=1S/C25H27N5O5/c1-33-14-12-29(23(31)17-30-22-11-4-3-10-21(22)27-28-30)24(18-7-5-8-19(15-18)34-2)25(32)26-16-20-9-6-13-35-20/h3-11,13,15,24H,12,14,16-17H2,1-2H3,(H,26,32)/t24-/m1/s1. The zero-order chi connectivity index (χ0) is 24.6. The maximum absolute atomic E-state index is 13.6. The summed E-state index contributed by atoms with van der Waals surface area (Å²) in [6, 6.07) is 17.1. The summed E-state index contributed by atoms with van der Waals surface area (Å²) in [5.74, 6) is 0.514. The van der Waals surface area contributed by atoms with Gasteiger partial charge in [0, 0.05) is 13.7 Å². The number of carbonyl (C=O) groups is 2. The predicted molar refractivity (Wildman–Crippen MR) is 127 cm³/mol. The van der Waals surface area contributed by atoms with E-state index in [2.05, 4.69) is 15.6 Å². The van der Waals surface area contributed by atoms with E-state index in [9.17, 15) is 9.59 Å². The highest BCUT2D eigenvalue weighted by Gasteiger charge is 2.32. The number of nitrogens with one attached hydrogen (secondary N) is 1. The third kappa shape index (κ3) is 5.67. The molecule has 0 radical (unpaired) electrons. The minimum atomic E-state index is -0.933. The summed E-state index contributed by atoms with van der Waals surface area (Å²) >= 11 is 0. The van der Waals surface area contributed by atoms with Gasteiger partial charge in [-0.3, -0.25) is 9.59 Å². The Balaban J connectivity index is 1.66. The van der Waals surface area contributed by atoms with Crippen LogP contribution in [0.4, 0.5) is 0 Å². The topological polar surface area (TPSA) is 112 Å². The van der Waals surface area contributed by atoms with E-state index in [0.717, 1.165) is 5.52 Å². The monoisotopic (exact) mass is 477 g/mol. The number of aromatic nitrogens is 3. The Morgan fingerprint density at radius 1 is 1.11 bits per heavy atom. The van der Waals surface area contributed by atoms with Gasteiger partial charge in [-0.05, 0) is 42.0 Å². The van der Waals surface area contributed by atoms with Crippen LogP contribution in [-0.4, -0.2) is 59.1 Å². The predicted octanol–water partition coefficient (Wildman–Crippen LogP) is 2.57. The summed E-state index contributed by atoms with van der Waals surface area (Å²) < 4.78 is 17.5. The second kappa shape index (κ2) is 11.3. The maximum Gasteiger partial charge on any atom is 0.247 e. The molecule has 0 aliphatic heterocycles. The van der Waals surface area contributed by atoms with E-state index in [0.29, 0.717) is 22.6 Å². The summed E-state index contributed by atoms with van der Waals surface area (Å²) in [4.78, 5) is 28.6. The van der Waals surface area contributed by atoms with Gasteiger partial charge in [-0.1, -0.05) is 29.5 Å². The Kier molecular flexibility index (Phi) is 7.74. The Hall–Kier alpha value is -4.18. The second-order valence-corrected chi connectivity index (χ2v) is 7.79. The van der Waals surface area contributed by atoms with Crippen LogP contribution in [0.15, 0.2) is 71.3 Å². The molecule has 35 heavy (non-hydrogen) atoms. The third-order valence-corrected chi connectivity index (χ3v) is 5.55. The molecule has 2 amide bonds. The number of benzene rings is 2. The first-order valence-corrected chi connectivity index (χ1v) is 11.1. The lowest BCUT2D eigenvalue weighted by molar-refractivity contribution is -0.142. The fraction of sp³-hybridized carbons (Fsp3) is 0.280. The normalized spacial score (nSPS) is 11.8. The molecule has 0 aliphatic carbocycles. The van der Waals surface area contributed by atoms with Gasteiger partial charge in [-0.15, -0.1) is 5.10 Å². The molecule has 4 rings (SSSR count). The van der Waals surface area contributed by atoms with Crippen molar-refractivity contribution < 1.29 is 23.5 Å². The second-order valence-electron chi connectivity index (χ2n) is 7.79. The zero-order valence-electron chi connectivity index (χ0n) is 19.6. The highest BCUT2D eigenvalue weighted by atomic mass is 16.5. The maximum atomic E-state index is 13.6. The van der Waals surface area contributed by atoms with Crippen LogP contribution in [-0.2, 0) is 27.4 Å².